The van der Waals surface area contributed by atoms with Crippen molar-refractivity contribution in [2.24, 2.45) is 7.05 Å². The minimum Gasteiger partial charge on any atom is -0.385 e. The Kier molecular flexibility index (Phi) is 3.62. The number of aromatic amines is 1. The van der Waals surface area contributed by atoms with E-state index in [0.29, 0.717) is 10.6 Å². The molecule has 4 nitrogen and oxygen atoms in total. The normalized spacial score (nSPS) is 8.82. The molecule has 0 amide bonds. The summed E-state index contributed by atoms with van der Waals surface area (Å²) in [5, 5.41) is 0. The molecule has 0 saturated carbocycles. The maximum Gasteiger partial charge on any atom is 0.256 e. The molecular weight excluding hydrogens is 216 g/mol. The third-order valence-electron chi connectivity index (χ3n) is 1.17. The molecule has 3 N–H and O–H groups in total. The van der Waals surface area contributed by atoms with Crippen molar-refractivity contribution in [3.05, 3.63) is 21.2 Å². The van der Waals surface area contributed by atoms with Gasteiger partial charge in [-0.25, -0.2) is 0 Å². The largest absolute Gasteiger partial charge is 0.385 e. The van der Waals surface area contributed by atoms with Crippen molar-refractivity contribution in [2.45, 2.75) is 0 Å². The quantitative estimate of drug-likeness (QED) is 0.481. The van der Waals surface area contributed by atoms with Gasteiger partial charge in [0.05, 0.1) is 0 Å². The predicted molar refractivity (Wildman–Crippen MR) is 41.3 cm³/mol. The Hall–Kier alpha value is -0.477. The second-order valence-electron chi connectivity index (χ2n) is 1.93. The van der Waals surface area contributed by atoms with Gasteiger partial charge >= 0.3 is 0 Å². The first-order chi connectivity index (χ1) is 4.61. The van der Waals surface area contributed by atoms with Crippen LogP contribution in [0.3, 0.4) is 0 Å². The van der Waals surface area contributed by atoms with Gasteiger partial charge in [0, 0.05) is 32.6 Å². The SMILES string of the molecule is Cn1c(=O)cc(N)[nH]c1=S.[Zn]. The number of nitrogen functional groups attached to an aromatic ring is 1. The van der Waals surface area contributed by atoms with Crippen LogP contribution >= 0.6 is 12.2 Å². The Morgan fingerprint density at radius 1 is 1.73 bits per heavy atom. The Morgan fingerprint density at radius 3 is 2.73 bits per heavy atom. The van der Waals surface area contributed by atoms with Crippen LogP contribution in [0.15, 0.2) is 10.9 Å². The van der Waals surface area contributed by atoms with E-state index in [-0.39, 0.29) is 25.0 Å². The smallest absolute Gasteiger partial charge is 0.256 e. The fourth-order valence-corrected chi connectivity index (χ4v) is 0.781. The van der Waals surface area contributed by atoms with Crippen molar-refractivity contribution in [2.75, 3.05) is 5.73 Å². The summed E-state index contributed by atoms with van der Waals surface area (Å²) in [6.45, 7) is 0. The number of nitrogens with zero attached hydrogens (tertiary/aromatic N) is 1. The van der Waals surface area contributed by atoms with Crippen molar-refractivity contribution in [1.82, 2.24) is 9.55 Å². The number of nitrogens with two attached hydrogens (primary N) is 1. The van der Waals surface area contributed by atoms with Crippen molar-refractivity contribution in [3.63, 3.8) is 0 Å². The molecule has 56 valence electrons. The molecule has 1 rings (SSSR count). The summed E-state index contributed by atoms with van der Waals surface area (Å²) < 4.78 is 1.65. The topological polar surface area (TPSA) is 63.8 Å². The maximum atomic E-state index is 10.9. The van der Waals surface area contributed by atoms with Gasteiger partial charge in [-0.2, -0.15) is 0 Å². The van der Waals surface area contributed by atoms with Gasteiger partial charge < -0.3 is 10.7 Å². The molecule has 0 aliphatic carbocycles. The summed E-state index contributed by atoms with van der Waals surface area (Å²) in [7, 11) is 1.58. The first-order valence-corrected chi connectivity index (χ1v) is 3.08. The number of rotatable bonds is 0. The van der Waals surface area contributed by atoms with Crippen molar-refractivity contribution in [1.29, 1.82) is 0 Å². The summed E-state index contributed by atoms with van der Waals surface area (Å²) in [6, 6.07) is 1.29. The molecule has 1 heterocycles. The fraction of sp³-hybridized carbons (Fsp3) is 0.200. The molecule has 0 unspecified atom stereocenters. The van der Waals surface area contributed by atoms with E-state index < -0.39 is 0 Å². The molecule has 0 aliphatic heterocycles. The van der Waals surface area contributed by atoms with Crippen molar-refractivity contribution >= 4 is 18.0 Å². The van der Waals surface area contributed by atoms with E-state index in [1.165, 1.54) is 10.6 Å². The fourth-order valence-electron chi connectivity index (χ4n) is 0.573. The zero-order valence-corrected chi connectivity index (χ0v) is 9.91. The second-order valence-corrected chi connectivity index (χ2v) is 2.31. The number of anilines is 1. The van der Waals surface area contributed by atoms with E-state index in [2.05, 4.69) is 4.98 Å². The molecule has 0 atom stereocenters. The van der Waals surface area contributed by atoms with Crippen LogP contribution in [-0.4, -0.2) is 9.55 Å². The number of H-pyrrole nitrogens is 1. The number of hydrogen-bond donors (Lipinski definition) is 2. The Bertz CT molecular complexity index is 324. The number of hydrogen-bond acceptors (Lipinski definition) is 3. The third-order valence-corrected chi connectivity index (χ3v) is 1.54. The summed E-state index contributed by atoms with van der Waals surface area (Å²) in [6.07, 6.45) is 0. The Morgan fingerprint density at radius 2 is 2.27 bits per heavy atom. The number of nitrogens with one attached hydrogen (secondary N) is 1. The van der Waals surface area contributed by atoms with Crippen LogP contribution in [0.2, 0.25) is 0 Å². The molecule has 0 spiro atoms. The van der Waals surface area contributed by atoms with E-state index in [9.17, 15) is 4.79 Å². The van der Waals surface area contributed by atoms with E-state index in [0.717, 1.165) is 0 Å². The van der Waals surface area contributed by atoms with Gasteiger partial charge in [0.25, 0.3) is 5.56 Å². The van der Waals surface area contributed by atoms with E-state index in [1.807, 2.05) is 0 Å². The van der Waals surface area contributed by atoms with Crippen LogP contribution in [0.4, 0.5) is 5.82 Å². The van der Waals surface area contributed by atoms with Gasteiger partial charge in [-0.1, -0.05) is 0 Å². The summed E-state index contributed by atoms with van der Waals surface area (Å²) in [4.78, 5) is 13.5. The molecule has 0 saturated heterocycles. The first-order valence-electron chi connectivity index (χ1n) is 2.67. The maximum absolute atomic E-state index is 10.9. The van der Waals surface area contributed by atoms with Gasteiger partial charge in [0.2, 0.25) is 0 Å². The molecule has 6 heteroatoms. The van der Waals surface area contributed by atoms with Crippen LogP contribution in [-0.2, 0) is 26.5 Å². The van der Waals surface area contributed by atoms with Crippen molar-refractivity contribution in [3.8, 4) is 0 Å². The van der Waals surface area contributed by atoms with Gasteiger partial charge in [-0.3, -0.25) is 9.36 Å². The molecular formula is C5H7N3OSZn. The van der Waals surface area contributed by atoms with E-state index in [4.69, 9.17) is 18.0 Å². The van der Waals surface area contributed by atoms with Crippen LogP contribution in [0.5, 0.6) is 0 Å². The zero-order valence-electron chi connectivity index (χ0n) is 6.13. The van der Waals surface area contributed by atoms with E-state index >= 15 is 0 Å². The molecule has 0 bridgehead atoms. The second kappa shape index (κ2) is 3.78. The Balaban J connectivity index is 0.000001000. The van der Waals surface area contributed by atoms with E-state index in [1.54, 1.807) is 7.05 Å². The van der Waals surface area contributed by atoms with Crippen molar-refractivity contribution < 1.29 is 19.5 Å². The predicted octanol–water partition coefficient (Wildman–Crippen LogP) is 0.0226. The van der Waals surface area contributed by atoms with Crippen LogP contribution in [0.1, 0.15) is 0 Å². The molecule has 1 aromatic heterocycles. The molecule has 1 aromatic rings. The average molecular weight is 223 g/mol. The summed E-state index contributed by atoms with van der Waals surface area (Å²) >= 11 is 4.76. The summed E-state index contributed by atoms with van der Waals surface area (Å²) in [5.41, 5.74) is 5.10. The summed E-state index contributed by atoms with van der Waals surface area (Å²) in [5.74, 6) is 0.299. The Labute approximate surface area is 81.2 Å². The van der Waals surface area contributed by atoms with Crippen LogP contribution in [0, 0.1) is 4.77 Å². The molecule has 0 fully saturated rings. The van der Waals surface area contributed by atoms with Gasteiger partial charge in [0.15, 0.2) is 4.77 Å². The zero-order chi connectivity index (χ0) is 7.72. The minimum atomic E-state index is -0.193. The molecule has 0 radical (unpaired) electrons. The monoisotopic (exact) mass is 221 g/mol. The average Bonchev–Trinajstić information content (AvgIpc) is 1.82. The minimum absolute atomic E-state index is 0. The van der Waals surface area contributed by atoms with Gasteiger partial charge in [-0.05, 0) is 12.2 Å². The standard InChI is InChI=1S/C5H7N3OS.Zn/c1-8-4(9)2-3(6)7-5(8)10;/h2H,6H2,1H3,(H,7,10);. The number of aromatic nitrogens is 2. The molecule has 0 aliphatic rings. The van der Waals surface area contributed by atoms with Crippen LogP contribution in [0.25, 0.3) is 0 Å². The molecule has 11 heavy (non-hydrogen) atoms. The van der Waals surface area contributed by atoms with Gasteiger partial charge in [0.1, 0.15) is 5.82 Å². The van der Waals surface area contributed by atoms with Gasteiger partial charge in [-0.15, -0.1) is 0 Å². The van der Waals surface area contributed by atoms with Crippen LogP contribution < -0.4 is 11.3 Å². The molecule has 0 aromatic carbocycles. The first kappa shape index (κ1) is 10.5. The third kappa shape index (κ3) is 2.24.